The minimum absolute atomic E-state index is 0.372. The number of thiophene rings is 1. The van der Waals surface area contributed by atoms with Crippen molar-refractivity contribution in [3.63, 3.8) is 0 Å². The molecule has 0 radical (unpaired) electrons. The number of carbonyl (C=O) groups is 1. The number of aromatic carboxylic acids is 1. The first-order chi connectivity index (χ1) is 8.72. The predicted molar refractivity (Wildman–Crippen MR) is 72.5 cm³/mol. The summed E-state index contributed by atoms with van der Waals surface area (Å²) in [5.74, 6) is -0.0704. The molecule has 2 rings (SSSR count). The molecule has 4 heteroatoms. The third-order valence-electron chi connectivity index (χ3n) is 2.50. The monoisotopic (exact) mass is 262 g/mol. The predicted octanol–water partition coefficient (Wildman–Crippen LogP) is 3.90. The van der Waals surface area contributed by atoms with Crippen molar-refractivity contribution in [1.82, 2.24) is 0 Å². The van der Waals surface area contributed by atoms with Crippen molar-refractivity contribution in [3.8, 4) is 16.9 Å². The van der Waals surface area contributed by atoms with Crippen molar-refractivity contribution in [2.75, 3.05) is 6.61 Å². The van der Waals surface area contributed by atoms with Crippen LogP contribution in [0.3, 0.4) is 0 Å². The Morgan fingerprint density at radius 3 is 2.61 bits per heavy atom. The van der Waals surface area contributed by atoms with Gasteiger partial charge in [-0.15, -0.1) is 11.3 Å². The number of rotatable bonds is 5. The van der Waals surface area contributed by atoms with E-state index in [1.54, 1.807) is 5.38 Å². The van der Waals surface area contributed by atoms with Gasteiger partial charge in [0.15, 0.2) is 0 Å². The van der Waals surface area contributed by atoms with Gasteiger partial charge in [-0.3, -0.25) is 0 Å². The number of benzene rings is 1. The van der Waals surface area contributed by atoms with Crippen molar-refractivity contribution < 1.29 is 14.6 Å². The van der Waals surface area contributed by atoms with E-state index < -0.39 is 5.97 Å². The summed E-state index contributed by atoms with van der Waals surface area (Å²) in [5.41, 5.74) is 1.66. The molecule has 0 bridgehead atoms. The molecule has 1 N–H and O–H groups in total. The van der Waals surface area contributed by atoms with E-state index in [1.807, 2.05) is 30.3 Å². The zero-order valence-electron chi connectivity index (χ0n) is 10.1. The molecule has 1 aromatic heterocycles. The fourth-order valence-electron chi connectivity index (χ4n) is 1.65. The summed E-state index contributed by atoms with van der Waals surface area (Å²) in [6.07, 6.45) is 0.968. The topological polar surface area (TPSA) is 46.5 Å². The van der Waals surface area contributed by atoms with E-state index >= 15 is 0 Å². The molecule has 0 aliphatic rings. The van der Waals surface area contributed by atoms with Crippen LogP contribution in [0.1, 0.15) is 23.0 Å². The van der Waals surface area contributed by atoms with Gasteiger partial charge in [-0.25, -0.2) is 4.79 Å². The van der Waals surface area contributed by atoms with Gasteiger partial charge in [0.2, 0.25) is 0 Å². The first-order valence-electron chi connectivity index (χ1n) is 5.76. The van der Waals surface area contributed by atoms with Crippen LogP contribution in [0.25, 0.3) is 11.1 Å². The van der Waals surface area contributed by atoms with E-state index in [1.165, 1.54) is 11.3 Å². The minimum Gasteiger partial charge on any atom is -0.494 e. The van der Waals surface area contributed by atoms with E-state index in [0.717, 1.165) is 23.3 Å². The van der Waals surface area contributed by atoms with Gasteiger partial charge >= 0.3 is 5.97 Å². The Hall–Kier alpha value is -1.81. The Morgan fingerprint density at radius 2 is 2.00 bits per heavy atom. The lowest BCUT2D eigenvalue weighted by Crippen LogP contribution is -1.96. The Labute approximate surface area is 110 Å². The Morgan fingerprint density at radius 1 is 1.28 bits per heavy atom. The highest BCUT2D eigenvalue weighted by molar-refractivity contribution is 7.12. The molecule has 0 amide bonds. The Bertz CT molecular complexity index is 528. The number of carboxylic acids is 1. The maximum absolute atomic E-state index is 11.1. The number of hydrogen-bond acceptors (Lipinski definition) is 3. The van der Waals surface area contributed by atoms with Crippen molar-refractivity contribution in [1.29, 1.82) is 0 Å². The molecule has 1 heterocycles. The summed E-state index contributed by atoms with van der Waals surface area (Å²) in [6, 6.07) is 9.34. The SMILES string of the molecule is CCCOc1ccc(-c2ccsc2C(=O)O)cc1. The molecular weight excluding hydrogens is 248 g/mol. The molecule has 0 unspecified atom stereocenters. The van der Waals surface area contributed by atoms with Crippen LogP contribution in [0.2, 0.25) is 0 Å². The molecule has 0 spiro atoms. The van der Waals surface area contributed by atoms with E-state index in [2.05, 4.69) is 6.92 Å². The summed E-state index contributed by atoms with van der Waals surface area (Å²) in [6.45, 7) is 2.75. The smallest absolute Gasteiger partial charge is 0.346 e. The largest absolute Gasteiger partial charge is 0.494 e. The van der Waals surface area contributed by atoms with E-state index in [9.17, 15) is 4.79 Å². The van der Waals surface area contributed by atoms with Crippen molar-refractivity contribution >= 4 is 17.3 Å². The van der Waals surface area contributed by atoms with E-state index in [4.69, 9.17) is 9.84 Å². The average molecular weight is 262 g/mol. The summed E-state index contributed by atoms with van der Waals surface area (Å²) in [4.78, 5) is 11.4. The first-order valence-corrected chi connectivity index (χ1v) is 6.64. The van der Waals surface area contributed by atoms with Gasteiger partial charge in [-0.05, 0) is 35.6 Å². The highest BCUT2D eigenvalue weighted by Crippen LogP contribution is 2.29. The maximum atomic E-state index is 11.1. The Balaban J connectivity index is 2.23. The van der Waals surface area contributed by atoms with Crippen molar-refractivity contribution in [2.24, 2.45) is 0 Å². The quantitative estimate of drug-likeness (QED) is 0.888. The molecule has 0 fully saturated rings. The standard InChI is InChI=1S/C14H14O3S/c1-2-8-17-11-5-3-10(4-6-11)12-7-9-18-13(12)14(15)16/h3-7,9H,2,8H2,1H3,(H,15,16). The lowest BCUT2D eigenvalue weighted by Gasteiger charge is -2.05. The van der Waals surface area contributed by atoms with Crippen LogP contribution in [0.15, 0.2) is 35.7 Å². The van der Waals surface area contributed by atoms with Crippen LogP contribution in [0.4, 0.5) is 0 Å². The second-order valence-corrected chi connectivity index (χ2v) is 4.76. The number of carboxylic acid groups (broad SMARTS) is 1. The molecule has 1 aromatic carbocycles. The average Bonchev–Trinajstić information content (AvgIpc) is 2.86. The molecule has 0 aliphatic carbocycles. The lowest BCUT2D eigenvalue weighted by atomic mass is 10.1. The lowest BCUT2D eigenvalue weighted by molar-refractivity contribution is 0.0703. The van der Waals surface area contributed by atoms with Crippen LogP contribution in [-0.4, -0.2) is 17.7 Å². The second-order valence-electron chi connectivity index (χ2n) is 3.84. The molecule has 18 heavy (non-hydrogen) atoms. The maximum Gasteiger partial charge on any atom is 0.346 e. The minimum atomic E-state index is -0.883. The van der Waals surface area contributed by atoms with Gasteiger partial charge in [-0.1, -0.05) is 19.1 Å². The van der Waals surface area contributed by atoms with Gasteiger partial charge in [-0.2, -0.15) is 0 Å². The number of ether oxygens (including phenoxy) is 1. The van der Waals surface area contributed by atoms with Crippen LogP contribution in [0.5, 0.6) is 5.75 Å². The van der Waals surface area contributed by atoms with Gasteiger partial charge in [0, 0.05) is 5.56 Å². The van der Waals surface area contributed by atoms with Crippen LogP contribution in [-0.2, 0) is 0 Å². The second kappa shape index (κ2) is 5.69. The first kappa shape index (κ1) is 12.6. The summed E-state index contributed by atoms with van der Waals surface area (Å²) in [7, 11) is 0. The summed E-state index contributed by atoms with van der Waals surface area (Å²) in [5, 5.41) is 10.9. The van der Waals surface area contributed by atoms with E-state index in [-0.39, 0.29) is 0 Å². The molecule has 0 aliphatic heterocycles. The van der Waals surface area contributed by atoms with Gasteiger partial charge in [0.1, 0.15) is 10.6 Å². The van der Waals surface area contributed by atoms with Gasteiger partial charge in [0.25, 0.3) is 0 Å². The van der Waals surface area contributed by atoms with Gasteiger partial charge < -0.3 is 9.84 Å². The summed E-state index contributed by atoms with van der Waals surface area (Å²) < 4.78 is 5.49. The third-order valence-corrected chi connectivity index (χ3v) is 3.40. The van der Waals surface area contributed by atoms with Crippen molar-refractivity contribution in [3.05, 3.63) is 40.6 Å². The fourth-order valence-corrected chi connectivity index (χ4v) is 2.41. The third kappa shape index (κ3) is 2.71. The zero-order valence-corrected chi connectivity index (χ0v) is 10.9. The molecule has 94 valence electrons. The normalized spacial score (nSPS) is 10.3. The van der Waals surface area contributed by atoms with Crippen LogP contribution >= 0.6 is 11.3 Å². The molecule has 0 atom stereocenters. The molecule has 2 aromatic rings. The van der Waals surface area contributed by atoms with Crippen LogP contribution in [0, 0.1) is 0 Å². The zero-order chi connectivity index (χ0) is 13.0. The summed E-state index contributed by atoms with van der Waals surface area (Å²) >= 11 is 1.24. The number of hydrogen-bond donors (Lipinski definition) is 1. The highest BCUT2D eigenvalue weighted by Gasteiger charge is 2.12. The highest BCUT2D eigenvalue weighted by atomic mass is 32.1. The van der Waals surface area contributed by atoms with Crippen LogP contribution < -0.4 is 4.74 Å². The van der Waals surface area contributed by atoms with E-state index in [0.29, 0.717) is 11.5 Å². The van der Waals surface area contributed by atoms with Gasteiger partial charge in [0.05, 0.1) is 6.61 Å². The molecule has 3 nitrogen and oxygen atoms in total. The Kier molecular flexibility index (Phi) is 3.99. The fraction of sp³-hybridized carbons (Fsp3) is 0.214. The molecule has 0 saturated carbocycles. The van der Waals surface area contributed by atoms with Crippen molar-refractivity contribution in [2.45, 2.75) is 13.3 Å². The molecule has 0 saturated heterocycles. The molecular formula is C14H14O3S.